The molecular formula is C7H14N2O3. The fraction of sp³-hybridized carbons (Fsp3) is 0.714. The highest BCUT2D eigenvalue weighted by Crippen LogP contribution is 1.78. The van der Waals surface area contributed by atoms with E-state index in [4.69, 9.17) is 0 Å². The summed E-state index contributed by atoms with van der Waals surface area (Å²) in [4.78, 5) is 21.3. The summed E-state index contributed by atoms with van der Waals surface area (Å²) in [6.45, 7) is 2.26. The van der Waals surface area contributed by atoms with E-state index in [-0.39, 0.29) is 12.5 Å². The van der Waals surface area contributed by atoms with Crippen LogP contribution in [0.25, 0.3) is 0 Å². The number of alkyl carbamates (subject to hydrolysis) is 1. The van der Waals surface area contributed by atoms with Crippen molar-refractivity contribution in [2.75, 3.05) is 20.2 Å². The topological polar surface area (TPSA) is 67.4 Å². The number of carbonyl (C=O) groups excluding carboxylic acids is 2. The second kappa shape index (κ2) is 6.45. The molecule has 0 aliphatic rings. The van der Waals surface area contributed by atoms with E-state index in [0.29, 0.717) is 6.54 Å². The van der Waals surface area contributed by atoms with Gasteiger partial charge in [-0.25, -0.2) is 4.79 Å². The molecule has 70 valence electrons. The Bertz CT molecular complexity index is 159. The molecule has 2 amide bonds. The Morgan fingerprint density at radius 2 is 2.08 bits per heavy atom. The molecule has 12 heavy (non-hydrogen) atoms. The molecule has 0 heterocycles. The first-order valence-electron chi connectivity index (χ1n) is 3.82. The normalized spacial score (nSPS) is 8.83. The van der Waals surface area contributed by atoms with Crippen LogP contribution in [0.4, 0.5) is 4.79 Å². The summed E-state index contributed by atoms with van der Waals surface area (Å²) < 4.78 is 4.53. The van der Waals surface area contributed by atoms with Gasteiger partial charge >= 0.3 is 6.09 Å². The van der Waals surface area contributed by atoms with Crippen LogP contribution in [0, 0.1) is 0 Å². The SMILES string of the molecule is CCCNC(=O)OCC(=O)NC. The van der Waals surface area contributed by atoms with Crippen LogP contribution in [0.2, 0.25) is 0 Å². The standard InChI is InChI=1S/C7H14N2O3/c1-3-4-9-7(11)12-5-6(10)8-2/h3-5H2,1-2H3,(H,8,10)(H,9,11). The Morgan fingerprint density at radius 3 is 2.58 bits per heavy atom. The number of amides is 2. The van der Waals surface area contributed by atoms with Gasteiger partial charge in [0.05, 0.1) is 0 Å². The van der Waals surface area contributed by atoms with Crippen LogP contribution < -0.4 is 10.6 Å². The van der Waals surface area contributed by atoms with E-state index in [9.17, 15) is 9.59 Å². The minimum Gasteiger partial charge on any atom is -0.439 e. The molecule has 5 nitrogen and oxygen atoms in total. The molecule has 0 spiro atoms. The fourth-order valence-corrected chi connectivity index (χ4v) is 0.481. The third kappa shape index (κ3) is 5.52. The zero-order chi connectivity index (χ0) is 9.40. The summed E-state index contributed by atoms with van der Waals surface area (Å²) in [6, 6.07) is 0. The van der Waals surface area contributed by atoms with Gasteiger partial charge in [-0.15, -0.1) is 0 Å². The third-order valence-electron chi connectivity index (χ3n) is 1.13. The van der Waals surface area contributed by atoms with Gasteiger partial charge in [0.25, 0.3) is 5.91 Å². The minimum absolute atomic E-state index is 0.230. The molecule has 0 aromatic rings. The van der Waals surface area contributed by atoms with E-state index in [0.717, 1.165) is 6.42 Å². The molecule has 5 heteroatoms. The molecule has 0 aromatic heterocycles. The van der Waals surface area contributed by atoms with Gasteiger partial charge in [0.15, 0.2) is 6.61 Å². The maximum atomic E-state index is 10.7. The molecule has 0 unspecified atom stereocenters. The molecule has 0 aliphatic heterocycles. The largest absolute Gasteiger partial charge is 0.439 e. The minimum atomic E-state index is -0.555. The molecule has 0 atom stereocenters. The lowest BCUT2D eigenvalue weighted by molar-refractivity contribution is -0.123. The quantitative estimate of drug-likeness (QED) is 0.623. The van der Waals surface area contributed by atoms with E-state index in [2.05, 4.69) is 15.4 Å². The predicted molar refractivity (Wildman–Crippen MR) is 43.7 cm³/mol. The van der Waals surface area contributed by atoms with Gasteiger partial charge in [-0.05, 0) is 6.42 Å². The van der Waals surface area contributed by atoms with Crippen molar-refractivity contribution in [1.82, 2.24) is 10.6 Å². The number of likely N-dealkylation sites (N-methyl/N-ethyl adjacent to an activating group) is 1. The second-order valence-corrected chi connectivity index (χ2v) is 2.18. The van der Waals surface area contributed by atoms with E-state index in [1.807, 2.05) is 6.92 Å². The van der Waals surface area contributed by atoms with Crippen molar-refractivity contribution in [3.8, 4) is 0 Å². The Kier molecular flexibility index (Phi) is 5.77. The van der Waals surface area contributed by atoms with Gasteiger partial charge in [0.2, 0.25) is 0 Å². The Balaban J connectivity index is 3.37. The van der Waals surface area contributed by atoms with Gasteiger partial charge in [-0.2, -0.15) is 0 Å². The molecule has 0 aromatic carbocycles. The van der Waals surface area contributed by atoms with Crippen LogP contribution in [0.15, 0.2) is 0 Å². The zero-order valence-corrected chi connectivity index (χ0v) is 7.35. The van der Waals surface area contributed by atoms with Crippen LogP contribution in [0.1, 0.15) is 13.3 Å². The third-order valence-corrected chi connectivity index (χ3v) is 1.13. The van der Waals surface area contributed by atoms with E-state index in [1.54, 1.807) is 0 Å². The van der Waals surface area contributed by atoms with Gasteiger partial charge in [0.1, 0.15) is 0 Å². The molecule has 0 aliphatic carbocycles. The van der Waals surface area contributed by atoms with E-state index < -0.39 is 6.09 Å². The maximum Gasteiger partial charge on any atom is 0.407 e. The molecule has 0 fully saturated rings. The molecule has 0 bridgehead atoms. The lowest BCUT2D eigenvalue weighted by atomic mass is 10.5. The van der Waals surface area contributed by atoms with E-state index in [1.165, 1.54) is 7.05 Å². The monoisotopic (exact) mass is 174 g/mol. The van der Waals surface area contributed by atoms with Crippen molar-refractivity contribution < 1.29 is 14.3 Å². The number of nitrogens with one attached hydrogen (secondary N) is 2. The summed E-state index contributed by atoms with van der Waals surface area (Å²) in [5.41, 5.74) is 0. The van der Waals surface area contributed by atoms with Gasteiger partial charge in [-0.3, -0.25) is 4.79 Å². The molecule has 0 radical (unpaired) electrons. The molecule has 0 saturated carbocycles. The number of hydrogen-bond donors (Lipinski definition) is 2. The highest BCUT2D eigenvalue weighted by Gasteiger charge is 2.03. The number of carbonyl (C=O) groups is 2. The molecule has 0 saturated heterocycles. The summed E-state index contributed by atoms with van der Waals surface area (Å²) in [6.07, 6.45) is 0.287. The summed E-state index contributed by atoms with van der Waals surface area (Å²) in [5, 5.41) is 4.80. The highest BCUT2D eigenvalue weighted by molar-refractivity contribution is 5.79. The van der Waals surface area contributed by atoms with Crippen LogP contribution >= 0.6 is 0 Å². The van der Waals surface area contributed by atoms with Crippen molar-refractivity contribution >= 4 is 12.0 Å². The second-order valence-electron chi connectivity index (χ2n) is 2.18. The van der Waals surface area contributed by atoms with Crippen LogP contribution in [-0.4, -0.2) is 32.2 Å². The molecule has 0 rings (SSSR count). The lowest BCUT2D eigenvalue weighted by Gasteiger charge is -2.04. The Morgan fingerprint density at radius 1 is 1.42 bits per heavy atom. The Hall–Kier alpha value is -1.26. The van der Waals surface area contributed by atoms with E-state index >= 15 is 0 Å². The maximum absolute atomic E-state index is 10.7. The fourth-order valence-electron chi connectivity index (χ4n) is 0.481. The summed E-state index contributed by atoms with van der Waals surface area (Å²) in [5.74, 6) is -0.318. The first-order chi connectivity index (χ1) is 5.70. The average molecular weight is 174 g/mol. The van der Waals surface area contributed by atoms with Crippen molar-refractivity contribution in [2.24, 2.45) is 0 Å². The van der Waals surface area contributed by atoms with Crippen LogP contribution in [0.3, 0.4) is 0 Å². The molecular weight excluding hydrogens is 160 g/mol. The van der Waals surface area contributed by atoms with Crippen molar-refractivity contribution in [2.45, 2.75) is 13.3 Å². The van der Waals surface area contributed by atoms with Crippen molar-refractivity contribution in [3.63, 3.8) is 0 Å². The van der Waals surface area contributed by atoms with Crippen molar-refractivity contribution in [1.29, 1.82) is 0 Å². The molecule has 2 N–H and O–H groups in total. The summed E-state index contributed by atoms with van der Waals surface area (Å²) in [7, 11) is 1.48. The number of rotatable bonds is 4. The number of hydrogen-bond acceptors (Lipinski definition) is 3. The van der Waals surface area contributed by atoms with Crippen LogP contribution in [0.5, 0.6) is 0 Å². The summed E-state index contributed by atoms with van der Waals surface area (Å²) >= 11 is 0. The van der Waals surface area contributed by atoms with Gasteiger partial charge in [0, 0.05) is 13.6 Å². The number of ether oxygens (including phenoxy) is 1. The van der Waals surface area contributed by atoms with Crippen molar-refractivity contribution in [3.05, 3.63) is 0 Å². The van der Waals surface area contributed by atoms with Gasteiger partial charge in [-0.1, -0.05) is 6.92 Å². The zero-order valence-electron chi connectivity index (χ0n) is 7.35. The highest BCUT2D eigenvalue weighted by atomic mass is 16.6. The predicted octanol–water partition coefficient (Wildman–Crippen LogP) is -0.131. The Labute approximate surface area is 71.5 Å². The first kappa shape index (κ1) is 10.7. The van der Waals surface area contributed by atoms with Gasteiger partial charge < -0.3 is 15.4 Å². The lowest BCUT2D eigenvalue weighted by Crippen LogP contribution is -2.30. The smallest absolute Gasteiger partial charge is 0.407 e. The average Bonchev–Trinajstić information content (AvgIpc) is 2.10. The first-order valence-corrected chi connectivity index (χ1v) is 3.82. The van der Waals surface area contributed by atoms with Crippen LogP contribution in [-0.2, 0) is 9.53 Å².